The largest absolute Gasteiger partial charge is 0.457 e. The summed E-state index contributed by atoms with van der Waals surface area (Å²) in [7, 11) is 0. The third kappa shape index (κ3) is 3.58. The summed E-state index contributed by atoms with van der Waals surface area (Å²) in [6.07, 6.45) is 8.40. The Morgan fingerprint density at radius 3 is 2.47 bits per heavy atom. The number of Topliss-reactive ketones (excluding diaryl/α,β-unsaturated/α-hetero) is 2. The molecule has 188 valence electrons. The molecule has 0 bridgehead atoms. The number of ether oxygens (including phenoxy) is 2. The lowest BCUT2D eigenvalue weighted by atomic mass is 9.48. The van der Waals surface area contributed by atoms with Crippen LogP contribution in [0, 0.1) is 34.5 Å². The Hall–Kier alpha value is -1.98. The quantitative estimate of drug-likeness (QED) is 0.400. The maximum Gasteiger partial charge on any atom is 0.306 e. The van der Waals surface area contributed by atoms with E-state index in [1.165, 1.54) is 5.57 Å². The molecule has 7 atom stereocenters. The zero-order valence-electron chi connectivity index (χ0n) is 21.4. The highest BCUT2D eigenvalue weighted by Crippen LogP contribution is 2.68. The molecule has 0 heterocycles. The van der Waals surface area contributed by atoms with Crippen molar-refractivity contribution in [3.05, 3.63) is 11.6 Å². The molecule has 0 unspecified atom stereocenters. The van der Waals surface area contributed by atoms with Crippen LogP contribution in [0.3, 0.4) is 0 Å². The summed E-state index contributed by atoms with van der Waals surface area (Å²) in [5.41, 5.74) is -0.364. The van der Waals surface area contributed by atoms with E-state index in [0.29, 0.717) is 36.9 Å². The summed E-state index contributed by atoms with van der Waals surface area (Å²) in [6, 6.07) is 0. The fourth-order valence-electron chi connectivity index (χ4n) is 8.12. The molecule has 4 aliphatic rings. The van der Waals surface area contributed by atoms with Crippen molar-refractivity contribution < 1.29 is 28.7 Å². The van der Waals surface area contributed by atoms with Gasteiger partial charge in [0, 0.05) is 37.0 Å². The monoisotopic (exact) mass is 472 g/mol. The number of rotatable bonds is 6. The van der Waals surface area contributed by atoms with Gasteiger partial charge in [-0.3, -0.25) is 19.2 Å². The number of fused-ring (bicyclic) bond motifs is 5. The van der Waals surface area contributed by atoms with Gasteiger partial charge in [-0.05, 0) is 55.3 Å². The van der Waals surface area contributed by atoms with Crippen LogP contribution in [0.15, 0.2) is 11.6 Å². The highest BCUT2D eigenvalue weighted by molar-refractivity contribution is 5.93. The Labute approximate surface area is 203 Å². The van der Waals surface area contributed by atoms with E-state index in [1.807, 2.05) is 6.92 Å². The number of esters is 2. The van der Waals surface area contributed by atoms with Gasteiger partial charge in [0.05, 0.1) is 0 Å². The van der Waals surface area contributed by atoms with Crippen LogP contribution in [0.1, 0.15) is 92.4 Å². The highest BCUT2D eigenvalue weighted by atomic mass is 16.6. The van der Waals surface area contributed by atoms with Crippen molar-refractivity contribution in [1.82, 2.24) is 0 Å². The standard InChI is InChI=1S/C28H40O6/c1-6-24(31)33-16-23(30)28(34-25(32)7-2)17(3)14-22-20-9-8-18-15-19(29)10-12-26(18,4)21(20)11-13-27(22,28)5/h11,17-18,20,22H,6-10,12-16H2,1-5H3/t17-,18+,20+,22-,26-,27-,28+/m0/s1. The average molecular weight is 473 g/mol. The minimum Gasteiger partial charge on any atom is -0.457 e. The summed E-state index contributed by atoms with van der Waals surface area (Å²) < 4.78 is 11.4. The van der Waals surface area contributed by atoms with Gasteiger partial charge in [0.25, 0.3) is 0 Å². The molecule has 6 nitrogen and oxygen atoms in total. The van der Waals surface area contributed by atoms with Gasteiger partial charge < -0.3 is 9.47 Å². The summed E-state index contributed by atoms with van der Waals surface area (Å²) in [4.78, 5) is 50.4. The lowest BCUT2D eigenvalue weighted by Crippen LogP contribution is -2.60. The van der Waals surface area contributed by atoms with Crippen LogP contribution >= 0.6 is 0 Å². The van der Waals surface area contributed by atoms with E-state index in [0.717, 1.165) is 25.7 Å². The first-order chi connectivity index (χ1) is 16.0. The van der Waals surface area contributed by atoms with E-state index in [1.54, 1.807) is 13.8 Å². The fourth-order valence-corrected chi connectivity index (χ4v) is 8.12. The van der Waals surface area contributed by atoms with Crippen molar-refractivity contribution in [3.8, 4) is 0 Å². The molecule has 6 heteroatoms. The van der Waals surface area contributed by atoms with Crippen molar-refractivity contribution >= 4 is 23.5 Å². The molecular weight excluding hydrogens is 432 g/mol. The second kappa shape index (κ2) is 8.91. The number of carbonyl (C=O) groups excluding carboxylic acids is 4. The third-order valence-corrected chi connectivity index (χ3v) is 10.0. The zero-order valence-corrected chi connectivity index (χ0v) is 21.4. The Bertz CT molecular complexity index is 920. The predicted molar refractivity (Wildman–Crippen MR) is 127 cm³/mol. The zero-order chi connectivity index (χ0) is 24.9. The van der Waals surface area contributed by atoms with Gasteiger partial charge >= 0.3 is 11.9 Å². The van der Waals surface area contributed by atoms with E-state index in [4.69, 9.17) is 9.47 Å². The maximum atomic E-state index is 13.8. The average Bonchev–Trinajstić information content (AvgIpc) is 3.04. The molecule has 34 heavy (non-hydrogen) atoms. The number of carbonyl (C=O) groups is 4. The summed E-state index contributed by atoms with van der Waals surface area (Å²) >= 11 is 0. The van der Waals surface area contributed by atoms with E-state index in [2.05, 4.69) is 19.9 Å². The number of hydrogen-bond donors (Lipinski definition) is 0. The second-order valence-corrected chi connectivity index (χ2v) is 11.6. The molecule has 4 aliphatic carbocycles. The predicted octanol–water partition coefficient (Wildman–Crippen LogP) is 4.98. The first kappa shape index (κ1) is 25.1. The van der Waals surface area contributed by atoms with Crippen molar-refractivity contribution in [2.45, 2.75) is 98.0 Å². The van der Waals surface area contributed by atoms with Crippen LogP contribution in [0.4, 0.5) is 0 Å². The molecule has 0 amide bonds. The Morgan fingerprint density at radius 2 is 1.79 bits per heavy atom. The van der Waals surface area contributed by atoms with E-state index in [9.17, 15) is 19.2 Å². The third-order valence-electron chi connectivity index (χ3n) is 10.0. The van der Waals surface area contributed by atoms with Gasteiger partial charge in [-0.2, -0.15) is 0 Å². The van der Waals surface area contributed by atoms with Crippen LogP contribution in [0.2, 0.25) is 0 Å². The fraction of sp³-hybridized carbons (Fsp3) is 0.786. The SMILES string of the molecule is CCC(=O)OCC(=O)[C@]1(OC(=O)CC)[C@@H](C)C[C@H]2[C@@H]3CC[C@@H]4CC(=O)CC[C@]4(C)C3=CC[C@@]21C. The van der Waals surface area contributed by atoms with Crippen LogP contribution in [0.25, 0.3) is 0 Å². The molecule has 0 aromatic carbocycles. The number of hydrogen-bond acceptors (Lipinski definition) is 6. The molecule has 0 aromatic heterocycles. The normalized spacial score (nSPS) is 41.0. The lowest BCUT2D eigenvalue weighted by molar-refractivity contribution is -0.192. The van der Waals surface area contributed by atoms with Gasteiger partial charge in [-0.25, -0.2) is 0 Å². The lowest BCUT2D eigenvalue weighted by Gasteiger charge is -2.57. The van der Waals surface area contributed by atoms with Crippen molar-refractivity contribution in [3.63, 3.8) is 0 Å². The Kier molecular flexibility index (Phi) is 6.58. The van der Waals surface area contributed by atoms with Crippen molar-refractivity contribution in [2.24, 2.45) is 34.5 Å². The van der Waals surface area contributed by atoms with Gasteiger partial charge in [-0.1, -0.05) is 46.3 Å². The number of ketones is 2. The van der Waals surface area contributed by atoms with Crippen LogP contribution < -0.4 is 0 Å². The van der Waals surface area contributed by atoms with Crippen molar-refractivity contribution in [1.29, 1.82) is 0 Å². The summed E-state index contributed by atoms with van der Waals surface area (Å²) in [5.74, 6) is 0.0242. The van der Waals surface area contributed by atoms with Gasteiger partial charge in [-0.15, -0.1) is 0 Å². The molecule has 3 fully saturated rings. The Balaban J connectivity index is 1.73. The van der Waals surface area contributed by atoms with Crippen LogP contribution in [-0.4, -0.2) is 35.7 Å². The molecular formula is C28H40O6. The molecule has 0 saturated heterocycles. The second-order valence-electron chi connectivity index (χ2n) is 11.6. The Morgan fingerprint density at radius 1 is 1.09 bits per heavy atom. The number of allylic oxidation sites excluding steroid dienone is 2. The van der Waals surface area contributed by atoms with Gasteiger partial charge in [0.2, 0.25) is 5.78 Å². The van der Waals surface area contributed by atoms with E-state index in [-0.39, 0.29) is 48.5 Å². The molecule has 0 radical (unpaired) electrons. The molecule has 0 N–H and O–H groups in total. The van der Waals surface area contributed by atoms with E-state index >= 15 is 0 Å². The molecule has 0 aromatic rings. The minimum absolute atomic E-state index is 0.0351. The molecule has 0 aliphatic heterocycles. The topological polar surface area (TPSA) is 86.7 Å². The van der Waals surface area contributed by atoms with Gasteiger partial charge in [0.15, 0.2) is 12.2 Å². The van der Waals surface area contributed by atoms with Crippen LogP contribution in [-0.2, 0) is 28.7 Å². The smallest absolute Gasteiger partial charge is 0.306 e. The summed E-state index contributed by atoms with van der Waals surface area (Å²) in [5, 5.41) is 0. The first-order valence-corrected chi connectivity index (χ1v) is 13.2. The molecule has 0 spiro atoms. The molecule has 3 saturated carbocycles. The maximum absolute atomic E-state index is 13.8. The first-order valence-electron chi connectivity index (χ1n) is 13.2. The highest BCUT2D eigenvalue weighted by Gasteiger charge is 2.70. The van der Waals surface area contributed by atoms with Crippen LogP contribution in [0.5, 0.6) is 0 Å². The molecule has 4 rings (SSSR count). The summed E-state index contributed by atoms with van der Waals surface area (Å²) in [6.45, 7) is 9.53. The minimum atomic E-state index is -1.30. The van der Waals surface area contributed by atoms with Crippen molar-refractivity contribution in [2.75, 3.05) is 6.61 Å². The van der Waals surface area contributed by atoms with Gasteiger partial charge in [0.1, 0.15) is 5.78 Å². The van der Waals surface area contributed by atoms with E-state index < -0.39 is 17.0 Å².